The summed E-state index contributed by atoms with van der Waals surface area (Å²) in [5.41, 5.74) is 7.19. The molecular weight excluding hydrogens is 492 g/mol. The van der Waals surface area contributed by atoms with Crippen LogP contribution < -0.4 is 11.1 Å². The summed E-state index contributed by atoms with van der Waals surface area (Å²) >= 11 is 1.78. The topological polar surface area (TPSA) is 108 Å². The molecule has 0 radical (unpaired) electrons. The number of hydrogen-bond donors (Lipinski definition) is 2. The van der Waals surface area contributed by atoms with Gasteiger partial charge in [0.1, 0.15) is 6.54 Å². The van der Waals surface area contributed by atoms with Crippen molar-refractivity contribution in [1.29, 1.82) is 0 Å². The number of carbonyl (C=O) groups is 3. The fraction of sp³-hybridized carbons (Fsp3) is 0.625. The quantitative estimate of drug-likeness (QED) is 0.134. The van der Waals surface area contributed by atoms with Gasteiger partial charge in [0.15, 0.2) is 0 Å². The fourth-order valence-electron chi connectivity index (χ4n) is 2.73. The maximum absolute atomic E-state index is 12.9. The largest absolute Gasteiger partial charge is 0.425 e. The van der Waals surface area contributed by atoms with Crippen molar-refractivity contribution in [3.05, 3.63) is 35.9 Å². The molecule has 0 aromatic heterocycles. The van der Waals surface area contributed by atoms with E-state index in [1.807, 2.05) is 30.3 Å². The predicted octanol–water partition coefficient (Wildman–Crippen LogP) is 3.90. The number of amides is 1. The van der Waals surface area contributed by atoms with Crippen molar-refractivity contribution in [2.75, 3.05) is 30.1 Å². The van der Waals surface area contributed by atoms with Gasteiger partial charge in [-0.2, -0.15) is 11.8 Å². The molecule has 192 valence electrons. The normalized spacial score (nSPS) is 13.7. The molecule has 1 amide bonds. The third kappa shape index (κ3) is 13.5. The zero-order valence-corrected chi connectivity index (χ0v) is 22.9. The van der Waals surface area contributed by atoms with Gasteiger partial charge in [0.25, 0.3) is 0 Å². The number of hydrogen-bond acceptors (Lipinski definition) is 9. The van der Waals surface area contributed by atoms with Crippen LogP contribution in [0.15, 0.2) is 30.3 Å². The molecule has 1 aromatic rings. The number of nitrogens with one attached hydrogen (secondary N) is 1. The number of ether oxygens (including phenoxy) is 2. The summed E-state index contributed by atoms with van der Waals surface area (Å²) in [5, 5.41) is 2.69. The second-order valence-corrected chi connectivity index (χ2v) is 11.7. The minimum Gasteiger partial charge on any atom is -0.425 e. The molecule has 0 spiro atoms. The number of nitrogens with two attached hydrogens (primary N) is 1. The van der Waals surface area contributed by atoms with E-state index in [-0.39, 0.29) is 36.8 Å². The van der Waals surface area contributed by atoms with Crippen LogP contribution in [0.2, 0.25) is 0 Å². The van der Waals surface area contributed by atoms with Gasteiger partial charge in [0, 0.05) is 29.9 Å². The van der Waals surface area contributed by atoms with Gasteiger partial charge >= 0.3 is 11.9 Å². The van der Waals surface area contributed by atoms with Crippen molar-refractivity contribution in [2.24, 2.45) is 17.6 Å². The van der Waals surface area contributed by atoms with Crippen molar-refractivity contribution in [2.45, 2.75) is 52.4 Å². The van der Waals surface area contributed by atoms with E-state index in [4.69, 9.17) is 15.2 Å². The number of carbonyl (C=O) groups excluding carboxylic acids is 3. The first-order valence-electron chi connectivity index (χ1n) is 11.5. The van der Waals surface area contributed by atoms with E-state index in [9.17, 15) is 14.4 Å². The molecule has 0 aliphatic heterocycles. The highest BCUT2D eigenvalue weighted by Crippen LogP contribution is 2.27. The molecule has 34 heavy (non-hydrogen) atoms. The first-order chi connectivity index (χ1) is 16.3. The van der Waals surface area contributed by atoms with E-state index < -0.39 is 18.2 Å². The van der Waals surface area contributed by atoms with Gasteiger partial charge in [-0.3, -0.25) is 14.4 Å². The second kappa shape index (κ2) is 18.0. The maximum atomic E-state index is 12.9. The second-order valence-electron chi connectivity index (χ2n) is 8.16. The molecule has 0 saturated heterocycles. The summed E-state index contributed by atoms with van der Waals surface area (Å²) < 4.78 is 10.4. The number of thioether (sulfide) groups is 1. The lowest BCUT2D eigenvalue weighted by atomic mass is 10.0. The standard InChI is InChI=1S/C24H38N2O5S3/c1-5-21(27)30-24(17(2)3)31-22(28)14-26-23(29)19(13-18-9-7-6-8-10-18)15-33-34-16-20(25)11-12-32-4/h6-10,17,19-20,24H,5,11-16,25H2,1-4H3,(H,26,29). The molecule has 3 atom stereocenters. The zero-order valence-electron chi connectivity index (χ0n) is 20.5. The Bertz CT molecular complexity index is 737. The number of esters is 2. The molecular formula is C24H38N2O5S3. The lowest BCUT2D eigenvalue weighted by Gasteiger charge is -2.22. The summed E-state index contributed by atoms with van der Waals surface area (Å²) in [6.07, 6.45) is 2.82. The smallest absolute Gasteiger partial charge is 0.328 e. The molecule has 3 N–H and O–H groups in total. The Morgan fingerprint density at radius 2 is 1.68 bits per heavy atom. The van der Waals surface area contributed by atoms with Crippen LogP contribution in [0.25, 0.3) is 0 Å². The molecule has 0 aliphatic carbocycles. The lowest BCUT2D eigenvalue weighted by molar-refractivity contribution is -0.195. The fourth-order valence-corrected chi connectivity index (χ4v) is 5.83. The van der Waals surface area contributed by atoms with Gasteiger partial charge in [0.2, 0.25) is 12.2 Å². The molecule has 10 heteroatoms. The molecule has 0 saturated carbocycles. The average Bonchev–Trinajstić information content (AvgIpc) is 2.82. The summed E-state index contributed by atoms with van der Waals surface area (Å²) in [6, 6.07) is 9.93. The maximum Gasteiger partial charge on any atom is 0.328 e. The Labute approximate surface area is 215 Å². The van der Waals surface area contributed by atoms with Gasteiger partial charge < -0.3 is 20.5 Å². The molecule has 0 fully saturated rings. The van der Waals surface area contributed by atoms with E-state index in [2.05, 4.69) is 11.6 Å². The van der Waals surface area contributed by atoms with Crippen LogP contribution >= 0.6 is 33.3 Å². The van der Waals surface area contributed by atoms with Crippen LogP contribution in [0.5, 0.6) is 0 Å². The Morgan fingerprint density at radius 1 is 1.03 bits per heavy atom. The molecule has 0 aliphatic rings. The van der Waals surface area contributed by atoms with E-state index in [1.54, 1.807) is 54.1 Å². The van der Waals surface area contributed by atoms with Crippen LogP contribution in [-0.2, 0) is 30.3 Å². The molecule has 0 heterocycles. The minimum atomic E-state index is -0.973. The summed E-state index contributed by atoms with van der Waals surface area (Å²) in [5.74, 6) is 0.648. The Morgan fingerprint density at radius 3 is 2.29 bits per heavy atom. The molecule has 0 bridgehead atoms. The van der Waals surface area contributed by atoms with Crippen molar-refractivity contribution >= 4 is 51.2 Å². The van der Waals surface area contributed by atoms with Gasteiger partial charge in [-0.25, -0.2) is 0 Å². The molecule has 1 rings (SSSR count). The highest BCUT2D eigenvalue weighted by atomic mass is 33.1. The number of rotatable bonds is 17. The Hall–Kier alpha value is -1.36. The van der Waals surface area contributed by atoms with Crippen molar-refractivity contribution < 1.29 is 23.9 Å². The molecule has 1 aromatic carbocycles. The Kier molecular flexibility index (Phi) is 16.2. The third-order valence-corrected chi connectivity index (χ3v) is 7.99. The highest BCUT2D eigenvalue weighted by molar-refractivity contribution is 8.76. The summed E-state index contributed by atoms with van der Waals surface area (Å²) in [6.45, 7) is 4.96. The van der Waals surface area contributed by atoms with Gasteiger partial charge in [-0.15, -0.1) is 0 Å². The molecule has 3 unspecified atom stereocenters. The minimum absolute atomic E-state index is 0.136. The monoisotopic (exact) mass is 530 g/mol. The number of benzene rings is 1. The third-order valence-electron chi connectivity index (χ3n) is 4.76. The van der Waals surface area contributed by atoms with E-state index in [0.717, 1.165) is 23.5 Å². The summed E-state index contributed by atoms with van der Waals surface area (Å²) in [4.78, 5) is 36.8. The van der Waals surface area contributed by atoms with E-state index in [0.29, 0.717) is 12.2 Å². The first-order valence-corrected chi connectivity index (χ1v) is 15.3. The predicted molar refractivity (Wildman–Crippen MR) is 144 cm³/mol. The van der Waals surface area contributed by atoms with E-state index in [1.165, 1.54) is 0 Å². The zero-order chi connectivity index (χ0) is 25.3. The van der Waals surface area contributed by atoms with Crippen LogP contribution in [0, 0.1) is 11.8 Å². The van der Waals surface area contributed by atoms with Crippen molar-refractivity contribution in [3.63, 3.8) is 0 Å². The Balaban J connectivity index is 2.61. The highest BCUT2D eigenvalue weighted by Gasteiger charge is 2.24. The molecule has 7 nitrogen and oxygen atoms in total. The van der Waals surface area contributed by atoms with Crippen LogP contribution in [-0.4, -0.2) is 60.2 Å². The van der Waals surface area contributed by atoms with Gasteiger partial charge in [-0.05, 0) is 30.4 Å². The van der Waals surface area contributed by atoms with Gasteiger partial charge in [0.05, 0.1) is 5.92 Å². The first kappa shape index (κ1) is 30.7. The summed E-state index contributed by atoms with van der Waals surface area (Å²) in [7, 11) is 3.30. The SMILES string of the molecule is CCC(=O)OC(OC(=O)CNC(=O)C(CSSCC(N)CCSC)Cc1ccccc1)C(C)C. The van der Waals surface area contributed by atoms with Crippen LogP contribution in [0.3, 0.4) is 0 Å². The average molecular weight is 531 g/mol. The van der Waals surface area contributed by atoms with Crippen molar-refractivity contribution in [1.82, 2.24) is 5.32 Å². The van der Waals surface area contributed by atoms with Crippen molar-refractivity contribution in [3.8, 4) is 0 Å². The van der Waals surface area contributed by atoms with E-state index >= 15 is 0 Å². The van der Waals surface area contributed by atoms with Crippen LogP contribution in [0.4, 0.5) is 0 Å². The van der Waals surface area contributed by atoms with Crippen LogP contribution in [0.1, 0.15) is 39.2 Å². The lowest BCUT2D eigenvalue weighted by Crippen LogP contribution is -2.39. The van der Waals surface area contributed by atoms with Gasteiger partial charge in [-0.1, -0.05) is 72.7 Å².